The Labute approximate surface area is 156 Å². The van der Waals surface area contributed by atoms with Gasteiger partial charge in [-0.15, -0.1) is 0 Å². The minimum absolute atomic E-state index is 0.0787. The summed E-state index contributed by atoms with van der Waals surface area (Å²) < 4.78 is 5.48. The number of nitrogens with one attached hydrogen (secondary N) is 2. The molecule has 146 valence electrons. The first-order chi connectivity index (χ1) is 12.9. The molecule has 1 saturated heterocycles. The number of carboxylic acid groups (broad SMARTS) is 1. The summed E-state index contributed by atoms with van der Waals surface area (Å²) in [6.07, 6.45) is 2.09. The Balaban J connectivity index is 1.98. The Bertz CT molecular complexity index is 700. The summed E-state index contributed by atoms with van der Waals surface area (Å²) in [5.74, 6) is 2.35. The van der Waals surface area contributed by atoms with E-state index in [2.05, 4.69) is 20.7 Å². The lowest BCUT2D eigenvalue weighted by molar-refractivity contribution is -0.162. The van der Waals surface area contributed by atoms with Gasteiger partial charge in [0.15, 0.2) is 5.78 Å². The summed E-state index contributed by atoms with van der Waals surface area (Å²) in [4.78, 5) is 40.1. The smallest absolute Gasteiger partial charge is 0.340 e. The molecule has 10 heteroatoms. The normalized spacial score (nSPS) is 17.4. The first kappa shape index (κ1) is 20.5. The number of carbonyl (C=O) groups excluding carboxylic acids is 2. The van der Waals surface area contributed by atoms with E-state index in [1.165, 1.54) is 25.4 Å². The van der Waals surface area contributed by atoms with Crippen molar-refractivity contribution < 1.29 is 24.2 Å². The molecular formula is C17H23N5O5. The van der Waals surface area contributed by atoms with Crippen LogP contribution in [0.1, 0.15) is 35.8 Å². The highest BCUT2D eigenvalue weighted by molar-refractivity contribution is 6.06. The highest BCUT2D eigenvalue weighted by Crippen LogP contribution is 2.12. The van der Waals surface area contributed by atoms with Crippen molar-refractivity contribution in [1.29, 1.82) is 0 Å². The monoisotopic (exact) mass is 377 g/mol. The maximum absolute atomic E-state index is 12.5. The number of rotatable bonds is 8. The Morgan fingerprint density at radius 1 is 1.41 bits per heavy atom. The number of pyridine rings is 1. The molecule has 1 fully saturated rings. The van der Waals surface area contributed by atoms with Gasteiger partial charge in [0, 0.05) is 11.8 Å². The molecule has 2 atom stereocenters. The van der Waals surface area contributed by atoms with Gasteiger partial charge in [0.1, 0.15) is 5.69 Å². The molecule has 0 spiro atoms. The van der Waals surface area contributed by atoms with Crippen LogP contribution in [-0.4, -0.2) is 65.3 Å². The molecule has 1 amide bonds. The fourth-order valence-corrected chi connectivity index (χ4v) is 2.64. The standard InChI is InChI=1S/C17H23N5O5/c1-10(22-16(24)13-3-2-11(8-20-13)9-21-18)14(23)15(17(25)26)27-12-4-6-19-7-5-12/h2-3,8-10,12,15,19H,4-7,18H2,1H3,(H,22,24)(H,25,26)/b21-9-. The van der Waals surface area contributed by atoms with Crippen molar-refractivity contribution in [3.63, 3.8) is 0 Å². The molecule has 1 aliphatic heterocycles. The van der Waals surface area contributed by atoms with E-state index in [0.29, 0.717) is 31.5 Å². The number of carbonyl (C=O) groups is 3. The zero-order valence-corrected chi connectivity index (χ0v) is 14.9. The number of Topliss-reactive ketones (excluding diaryl/α,β-unsaturated/α-hetero) is 1. The van der Waals surface area contributed by atoms with Crippen molar-refractivity contribution in [1.82, 2.24) is 15.6 Å². The zero-order chi connectivity index (χ0) is 19.8. The van der Waals surface area contributed by atoms with Gasteiger partial charge in [0.2, 0.25) is 6.10 Å². The van der Waals surface area contributed by atoms with Gasteiger partial charge in [-0.25, -0.2) is 4.79 Å². The molecule has 0 bridgehead atoms. The lowest BCUT2D eigenvalue weighted by Gasteiger charge is -2.26. The van der Waals surface area contributed by atoms with Crippen LogP contribution >= 0.6 is 0 Å². The predicted molar refractivity (Wildman–Crippen MR) is 96.4 cm³/mol. The van der Waals surface area contributed by atoms with Crippen molar-refractivity contribution >= 4 is 23.9 Å². The Morgan fingerprint density at radius 2 is 2.11 bits per heavy atom. The molecule has 1 aromatic rings. The number of carboxylic acids is 1. The topological polar surface area (TPSA) is 156 Å². The summed E-state index contributed by atoms with van der Waals surface area (Å²) >= 11 is 0. The maximum Gasteiger partial charge on any atom is 0.340 e. The van der Waals surface area contributed by atoms with Crippen molar-refractivity contribution in [2.75, 3.05) is 13.1 Å². The zero-order valence-electron chi connectivity index (χ0n) is 14.9. The Hall–Kier alpha value is -2.85. The van der Waals surface area contributed by atoms with E-state index in [1.54, 1.807) is 6.07 Å². The van der Waals surface area contributed by atoms with E-state index in [0.717, 1.165) is 0 Å². The molecule has 2 rings (SSSR count). The number of hydrogen-bond acceptors (Lipinski definition) is 8. The molecule has 1 aliphatic rings. The molecular weight excluding hydrogens is 354 g/mol. The fraction of sp³-hybridized carbons (Fsp3) is 0.471. The first-order valence-corrected chi connectivity index (χ1v) is 8.55. The SMILES string of the molecule is CC(NC(=O)c1ccc(/C=N\N)cn1)C(=O)C(OC1CCNCC1)C(=O)O. The third kappa shape index (κ3) is 5.83. The number of hydrazone groups is 1. The number of ketones is 1. The van der Waals surface area contributed by atoms with E-state index in [9.17, 15) is 19.5 Å². The van der Waals surface area contributed by atoms with E-state index >= 15 is 0 Å². The molecule has 1 aromatic heterocycles. The van der Waals surface area contributed by atoms with Gasteiger partial charge in [0.25, 0.3) is 5.91 Å². The third-order valence-electron chi connectivity index (χ3n) is 4.11. The minimum atomic E-state index is -1.63. The van der Waals surface area contributed by atoms with Crippen LogP contribution in [0, 0.1) is 0 Å². The third-order valence-corrected chi connectivity index (χ3v) is 4.11. The molecule has 0 aromatic carbocycles. The van der Waals surface area contributed by atoms with Crippen LogP contribution < -0.4 is 16.5 Å². The number of hydrogen-bond donors (Lipinski definition) is 4. The summed E-state index contributed by atoms with van der Waals surface area (Å²) in [5.41, 5.74) is 0.689. The Morgan fingerprint density at radius 3 is 2.67 bits per heavy atom. The van der Waals surface area contributed by atoms with Crippen molar-refractivity contribution in [2.45, 2.75) is 38.0 Å². The van der Waals surface area contributed by atoms with Crippen molar-refractivity contribution in [2.24, 2.45) is 10.9 Å². The van der Waals surface area contributed by atoms with Gasteiger partial charge in [-0.05, 0) is 45.0 Å². The summed E-state index contributed by atoms with van der Waals surface area (Å²) in [5, 5.41) is 18.3. The van der Waals surface area contributed by atoms with Gasteiger partial charge in [-0.2, -0.15) is 5.10 Å². The van der Waals surface area contributed by atoms with Gasteiger partial charge in [-0.3, -0.25) is 14.6 Å². The second-order valence-corrected chi connectivity index (χ2v) is 6.16. The van der Waals surface area contributed by atoms with E-state index in [1.807, 2.05) is 0 Å². The van der Waals surface area contributed by atoms with Gasteiger partial charge in [0.05, 0.1) is 18.4 Å². The van der Waals surface area contributed by atoms with E-state index in [4.69, 9.17) is 10.6 Å². The van der Waals surface area contributed by atoms with Crippen LogP contribution in [0.25, 0.3) is 0 Å². The molecule has 2 unspecified atom stereocenters. The number of aliphatic carboxylic acids is 1. The van der Waals surface area contributed by atoms with Crippen molar-refractivity contribution in [3.05, 3.63) is 29.6 Å². The van der Waals surface area contributed by atoms with Crippen LogP contribution in [0.15, 0.2) is 23.4 Å². The summed E-state index contributed by atoms with van der Waals surface area (Å²) in [6.45, 7) is 2.82. The van der Waals surface area contributed by atoms with Crippen molar-refractivity contribution in [3.8, 4) is 0 Å². The molecule has 5 N–H and O–H groups in total. The summed E-state index contributed by atoms with van der Waals surface area (Å²) in [7, 11) is 0. The number of nitrogens with zero attached hydrogens (tertiary/aromatic N) is 2. The lowest BCUT2D eigenvalue weighted by atomic mass is 10.1. The first-order valence-electron chi connectivity index (χ1n) is 8.55. The molecule has 0 radical (unpaired) electrons. The van der Waals surface area contributed by atoms with Crippen LogP contribution in [0.2, 0.25) is 0 Å². The molecule has 10 nitrogen and oxygen atoms in total. The number of ether oxygens (including phenoxy) is 1. The molecule has 0 aliphatic carbocycles. The quantitative estimate of drug-likeness (QED) is 0.200. The second-order valence-electron chi connectivity index (χ2n) is 6.16. The van der Waals surface area contributed by atoms with Crippen LogP contribution in [0.5, 0.6) is 0 Å². The van der Waals surface area contributed by atoms with Gasteiger partial charge >= 0.3 is 5.97 Å². The van der Waals surface area contributed by atoms with Gasteiger partial charge in [-0.1, -0.05) is 0 Å². The Kier molecular flexibility index (Phi) is 7.38. The predicted octanol–water partition coefficient (Wildman–Crippen LogP) is -0.717. The van der Waals surface area contributed by atoms with E-state index < -0.39 is 29.8 Å². The molecule has 27 heavy (non-hydrogen) atoms. The molecule has 0 saturated carbocycles. The highest BCUT2D eigenvalue weighted by atomic mass is 16.5. The van der Waals surface area contributed by atoms with E-state index in [-0.39, 0.29) is 11.8 Å². The number of nitrogens with two attached hydrogens (primary N) is 1. The van der Waals surface area contributed by atoms with Crippen LogP contribution in [-0.2, 0) is 14.3 Å². The highest BCUT2D eigenvalue weighted by Gasteiger charge is 2.34. The maximum atomic E-state index is 12.5. The lowest BCUT2D eigenvalue weighted by Crippen LogP contribution is -2.49. The van der Waals surface area contributed by atoms with Crippen LogP contribution in [0.4, 0.5) is 0 Å². The summed E-state index contributed by atoms with van der Waals surface area (Å²) in [6, 6.07) is 1.99. The largest absolute Gasteiger partial charge is 0.479 e. The second kappa shape index (κ2) is 9.74. The average Bonchev–Trinajstić information content (AvgIpc) is 2.67. The minimum Gasteiger partial charge on any atom is -0.479 e. The molecule has 2 heterocycles. The number of amides is 1. The fourth-order valence-electron chi connectivity index (χ4n) is 2.64. The van der Waals surface area contributed by atoms with Gasteiger partial charge < -0.3 is 26.3 Å². The number of piperidine rings is 1. The average molecular weight is 377 g/mol. The number of aromatic nitrogens is 1. The van der Waals surface area contributed by atoms with Crippen LogP contribution in [0.3, 0.4) is 0 Å².